The molecule has 1 amide bonds. The number of hydrogen-bond acceptors (Lipinski definition) is 5. The number of carbonyl (C=O) groups is 1. The molecule has 2 N–H and O–H groups in total. The molecule has 0 unspecified atom stereocenters. The van der Waals surface area contributed by atoms with Gasteiger partial charge in [0.15, 0.2) is 0 Å². The van der Waals surface area contributed by atoms with Crippen molar-refractivity contribution in [2.24, 2.45) is 4.40 Å². The smallest absolute Gasteiger partial charge is 0.286 e. The summed E-state index contributed by atoms with van der Waals surface area (Å²) in [7, 11) is 0.171. The molecule has 120 valence electrons. The molecule has 0 aromatic heterocycles. The first-order chi connectivity index (χ1) is 10.4. The number of sulfonamides is 1. The Morgan fingerprint density at radius 3 is 2.77 bits per heavy atom. The van der Waals surface area contributed by atoms with Crippen LogP contribution in [0.4, 0.5) is 5.69 Å². The molecule has 1 aliphatic heterocycles. The zero-order valence-electron chi connectivity index (χ0n) is 12.7. The minimum Gasteiger partial charge on any atom is -0.355 e. The summed E-state index contributed by atoms with van der Waals surface area (Å²) < 4.78 is 27.8. The van der Waals surface area contributed by atoms with E-state index < -0.39 is 10.0 Å². The van der Waals surface area contributed by atoms with Crippen molar-refractivity contribution in [2.45, 2.75) is 17.7 Å². The largest absolute Gasteiger partial charge is 0.355 e. The zero-order chi connectivity index (χ0) is 16.2. The maximum absolute atomic E-state index is 12.0. The van der Waals surface area contributed by atoms with Crippen molar-refractivity contribution in [1.29, 1.82) is 0 Å². The van der Waals surface area contributed by atoms with Gasteiger partial charge in [0, 0.05) is 25.9 Å². The Morgan fingerprint density at radius 1 is 1.32 bits per heavy atom. The van der Waals surface area contributed by atoms with E-state index in [1.54, 1.807) is 18.2 Å². The maximum atomic E-state index is 12.0. The van der Waals surface area contributed by atoms with E-state index in [1.165, 1.54) is 6.07 Å². The highest BCUT2D eigenvalue weighted by Gasteiger charge is 2.24. The van der Waals surface area contributed by atoms with Gasteiger partial charge < -0.3 is 15.5 Å². The van der Waals surface area contributed by atoms with E-state index in [4.69, 9.17) is 0 Å². The number of benzene rings is 1. The number of carbonyl (C=O) groups excluding carboxylic acids is 1. The minimum absolute atomic E-state index is 0.123. The number of likely N-dealkylation sites (N-methyl/N-ethyl adjacent to an activating group) is 1. The van der Waals surface area contributed by atoms with E-state index >= 15 is 0 Å². The lowest BCUT2D eigenvalue weighted by molar-refractivity contribution is -0.120. The Labute approximate surface area is 130 Å². The maximum Gasteiger partial charge on any atom is 0.286 e. The van der Waals surface area contributed by atoms with Gasteiger partial charge in [-0.25, -0.2) is 0 Å². The van der Waals surface area contributed by atoms with Crippen LogP contribution in [0.5, 0.6) is 0 Å². The summed E-state index contributed by atoms with van der Waals surface area (Å²) in [5, 5.41) is 5.75. The summed E-state index contributed by atoms with van der Waals surface area (Å²) in [5.41, 5.74) is 0.500. The lowest BCUT2D eigenvalue weighted by Crippen LogP contribution is -2.32. The van der Waals surface area contributed by atoms with E-state index in [1.807, 2.05) is 19.0 Å². The Hall–Kier alpha value is -1.93. The quantitative estimate of drug-likeness (QED) is 0.802. The van der Waals surface area contributed by atoms with Crippen LogP contribution in [0, 0.1) is 0 Å². The normalized spacial score (nSPS) is 15.7. The van der Waals surface area contributed by atoms with Gasteiger partial charge in [-0.1, -0.05) is 12.1 Å². The topological polar surface area (TPSA) is 90.9 Å². The average Bonchev–Trinajstić information content (AvgIpc) is 2.44. The van der Waals surface area contributed by atoms with E-state index in [9.17, 15) is 13.2 Å². The summed E-state index contributed by atoms with van der Waals surface area (Å²) in [6.07, 6.45) is 0.443. The first-order valence-corrected chi connectivity index (χ1v) is 8.44. The van der Waals surface area contributed by atoms with E-state index in [-0.39, 0.29) is 23.6 Å². The van der Waals surface area contributed by atoms with Gasteiger partial charge in [-0.2, -0.15) is 8.42 Å². The van der Waals surface area contributed by atoms with E-state index in [2.05, 4.69) is 15.0 Å². The third-order valence-electron chi connectivity index (χ3n) is 3.14. The lowest BCUT2D eigenvalue weighted by atomic mass is 10.2. The Morgan fingerprint density at radius 2 is 2.05 bits per heavy atom. The second kappa shape index (κ2) is 6.89. The number of hydrogen-bond donors (Lipinski definition) is 2. The number of anilines is 1. The molecule has 0 spiro atoms. The fraction of sp³-hybridized carbons (Fsp3) is 0.429. The predicted octanol–water partition coefficient (Wildman–Crippen LogP) is 0.657. The first-order valence-electron chi connectivity index (χ1n) is 7.00. The average molecular weight is 324 g/mol. The first kappa shape index (κ1) is 16.4. The molecule has 0 radical (unpaired) electrons. The van der Waals surface area contributed by atoms with Crippen molar-refractivity contribution in [2.75, 3.05) is 32.5 Å². The second-order valence-corrected chi connectivity index (χ2v) is 6.86. The lowest BCUT2D eigenvalue weighted by Gasteiger charge is -2.17. The molecule has 0 aliphatic carbocycles. The summed E-state index contributed by atoms with van der Waals surface area (Å²) >= 11 is 0. The molecule has 7 nitrogen and oxygen atoms in total. The van der Waals surface area contributed by atoms with Crippen molar-refractivity contribution in [3.8, 4) is 0 Å². The van der Waals surface area contributed by atoms with Crippen LogP contribution in [0.25, 0.3) is 0 Å². The number of amidine groups is 1. The van der Waals surface area contributed by atoms with Gasteiger partial charge in [0.25, 0.3) is 10.0 Å². The van der Waals surface area contributed by atoms with Crippen LogP contribution in [-0.4, -0.2) is 52.2 Å². The molecule has 1 aromatic carbocycles. The SMILES string of the molecule is CN(C)CCNC(=O)CCC1=NS(=O)(=O)c2ccccc2N1. The summed E-state index contributed by atoms with van der Waals surface area (Å²) in [6, 6.07) is 6.58. The fourth-order valence-electron chi connectivity index (χ4n) is 2.01. The predicted molar refractivity (Wildman–Crippen MR) is 85.5 cm³/mol. The van der Waals surface area contributed by atoms with Crippen LogP contribution in [0.15, 0.2) is 33.6 Å². The number of amides is 1. The van der Waals surface area contributed by atoms with Crippen LogP contribution in [0.1, 0.15) is 12.8 Å². The van der Waals surface area contributed by atoms with Gasteiger partial charge in [0.2, 0.25) is 5.91 Å². The van der Waals surface area contributed by atoms with Crippen LogP contribution < -0.4 is 10.6 Å². The van der Waals surface area contributed by atoms with Crippen molar-refractivity contribution in [1.82, 2.24) is 10.2 Å². The third kappa shape index (κ3) is 4.28. The molecular formula is C14H20N4O3S. The Bertz CT molecular complexity index is 683. The molecule has 0 saturated carbocycles. The number of fused-ring (bicyclic) bond motifs is 1. The van der Waals surface area contributed by atoms with Crippen LogP contribution in [-0.2, 0) is 14.8 Å². The highest BCUT2D eigenvalue weighted by atomic mass is 32.2. The number of nitrogens with one attached hydrogen (secondary N) is 2. The molecule has 0 saturated heterocycles. The van der Waals surface area contributed by atoms with Gasteiger partial charge in [-0.3, -0.25) is 4.79 Å². The van der Waals surface area contributed by atoms with Crippen LogP contribution >= 0.6 is 0 Å². The summed E-state index contributed by atoms with van der Waals surface area (Å²) in [6.45, 7) is 1.32. The monoisotopic (exact) mass is 324 g/mol. The molecule has 0 atom stereocenters. The van der Waals surface area contributed by atoms with Gasteiger partial charge >= 0.3 is 0 Å². The molecule has 1 aliphatic rings. The van der Waals surface area contributed by atoms with Crippen molar-refractivity contribution in [3.63, 3.8) is 0 Å². The fourth-order valence-corrected chi connectivity index (χ4v) is 3.19. The number of nitrogens with zero attached hydrogens (tertiary/aromatic N) is 2. The highest BCUT2D eigenvalue weighted by molar-refractivity contribution is 7.90. The highest BCUT2D eigenvalue weighted by Crippen LogP contribution is 2.27. The van der Waals surface area contributed by atoms with Crippen LogP contribution in [0.3, 0.4) is 0 Å². The standard InChI is InChI=1S/C14H20N4O3S/c1-18(2)10-9-15-14(19)8-7-13-16-11-5-3-4-6-12(11)22(20,21)17-13/h3-6H,7-10H2,1-2H3,(H,15,19)(H,16,17). The van der Waals surface area contributed by atoms with Crippen LogP contribution in [0.2, 0.25) is 0 Å². The molecular weight excluding hydrogens is 304 g/mol. The molecule has 22 heavy (non-hydrogen) atoms. The van der Waals surface area contributed by atoms with Crippen molar-refractivity contribution < 1.29 is 13.2 Å². The van der Waals surface area contributed by atoms with E-state index in [0.717, 1.165) is 6.54 Å². The molecule has 1 aromatic rings. The molecule has 0 bridgehead atoms. The van der Waals surface area contributed by atoms with E-state index in [0.29, 0.717) is 18.1 Å². The number of para-hydroxylation sites is 1. The number of rotatable bonds is 6. The van der Waals surface area contributed by atoms with Crippen molar-refractivity contribution >= 4 is 27.5 Å². The Balaban J connectivity index is 1.92. The summed E-state index contributed by atoms with van der Waals surface area (Å²) in [5.74, 6) is 0.170. The molecule has 2 rings (SSSR count). The zero-order valence-corrected chi connectivity index (χ0v) is 13.5. The van der Waals surface area contributed by atoms with Gasteiger partial charge in [-0.15, -0.1) is 4.40 Å². The second-order valence-electron chi connectivity index (χ2n) is 5.29. The van der Waals surface area contributed by atoms with Gasteiger partial charge in [0.05, 0.1) is 5.69 Å². The Kier molecular flexibility index (Phi) is 5.15. The van der Waals surface area contributed by atoms with Crippen molar-refractivity contribution in [3.05, 3.63) is 24.3 Å². The third-order valence-corrected chi connectivity index (χ3v) is 4.52. The van der Waals surface area contributed by atoms with Gasteiger partial charge in [-0.05, 0) is 26.2 Å². The molecule has 8 heteroatoms. The van der Waals surface area contributed by atoms with Gasteiger partial charge in [0.1, 0.15) is 10.7 Å². The molecule has 1 heterocycles. The summed E-state index contributed by atoms with van der Waals surface area (Å²) in [4.78, 5) is 13.8. The molecule has 0 fully saturated rings. The minimum atomic E-state index is -3.68.